The van der Waals surface area contributed by atoms with E-state index in [1.54, 1.807) is 12.1 Å². The highest BCUT2D eigenvalue weighted by atomic mass is 16.3. The minimum Gasteiger partial charge on any atom is -0.508 e. The van der Waals surface area contributed by atoms with Gasteiger partial charge in [-0.1, -0.05) is 31.4 Å². The Morgan fingerprint density at radius 1 is 1.18 bits per heavy atom. The van der Waals surface area contributed by atoms with Gasteiger partial charge >= 0.3 is 0 Å². The molecular formula is C15H23NO. The summed E-state index contributed by atoms with van der Waals surface area (Å²) >= 11 is 0. The van der Waals surface area contributed by atoms with Gasteiger partial charge in [0.1, 0.15) is 5.75 Å². The average molecular weight is 233 g/mol. The Kier molecular flexibility index (Phi) is 4.43. The number of nitrogens with one attached hydrogen (secondary N) is 1. The van der Waals surface area contributed by atoms with Crippen LogP contribution in [0.2, 0.25) is 0 Å². The van der Waals surface area contributed by atoms with Crippen molar-refractivity contribution in [3.05, 3.63) is 29.8 Å². The first kappa shape index (κ1) is 12.4. The van der Waals surface area contributed by atoms with Crippen molar-refractivity contribution in [3.63, 3.8) is 0 Å². The summed E-state index contributed by atoms with van der Waals surface area (Å²) in [5.74, 6) is 1.19. The largest absolute Gasteiger partial charge is 0.508 e. The SMILES string of the molecule is C[C@H](NCc1ccc(O)cc1)C1CCCCC1. The predicted octanol–water partition coefficient (Wildman–Crippen LogP) is 3.45. The molecule has 2 rings (SSSR count). The Labute approximate surface area is 104 Å². The number of hydrogen-bond donors (Lipinski definition) is 2. The molecule has 1 saturated carbocycles. The van der Waals surface area contributed by atoms with Crippen molar-refractivity contribution in [1.29, 1.82) is 0 Å². The zero-order chi connectivity index (χ0) is 12.1. The minimum atomic E-state index is 0.342. The fraction of sp³-hybridized carbons (Fsp3) is 0.600. The Morgan fingerprint density at radius 3 is 2.47 bits per heavy atom. The van der Waals surface area contributed by atoms with E-state index >= 15 is 0 Å². The number of hydrogen-bond acceptors (Lipinski definition) is 2. The fourth-order valence-electron chi connectivity index (χ4n) is 2.69. The first-order chi connectivity index (χ1) is 8.25. The Hall–Kier alpha value is -1.02. The number of phenolic OH excluding ortho intramolecular Hbond substituents is 1. The quantitative estimate of drug-likeness (QED) is 0.835. The molecule has 0 radical (unpaired) electrons. The zero-order valence-electron chi connectivity index (χ0n) is 10.7. The van der Waals surface area contributed by atoms with E-state index in [9.17, 15) is 5.11 Å². The molecule has 2 nitrogen and oxygen atoms in total. The van der Waals surface area contributed by atoms with E-state index in [1.165, 1.54) is 37.7 Å². The summed E-state index contributed by atoms with van der Waals surface area (Å²) in [6, 6.07) is 8.07. The highest BCUT2D eigenvalue weighted by Crippen LogP contribution is 2.26. The normalized spacial score (nSPS) is 19.1. The van der Waals surface area contributed by atoms with Crippen LogP contribution in [0.5, 0.6) is 5.75 Å². The van der Waals surface area contributed by atoms with Gasteiger partial charge in [-0.3, -0.25) is 0 Å². The van der Waals surface area contributed by atoms with Crippen LogP contribution in [-0.2, 0) is 6.54 Å². The van der Waals surface area contributed by atoms with Crippen LogP contribution in [0.3, 0.4) is 0 Å². The standard InChI is InChI=1S/C15H23NO/c1-12(14-5-3-2-4-6-14)16-11-13-7-9-15(17)10-8-13/h7-10,12,14,16-17H,2-6,11H2,1H3/t12-/m0/s1. The first-order valence-corrected chi connectivity index (χ1v) is 6.77. The number of benzene rings is 1. The molecule has 1 aliphatic carbocycles. The van der Waals surface area contributed by atoms with Crippen LogP contribution >= 0.6 is 0 Å². The summed E-state index contributed by atoms with van der Waals surface area (Å²) in [5.41, 5.74) is 1.24. The van der Waals surface area contributed by atoms with E-state index in [-0.39, 0.29) is 0 Å². The molecule has 2 heteroatoms. The molecule has 0 spiro atoms. The third-order valence-electron chi connectivity index (χ3n) is 3.92. The molecule has 0 amide bonds. The van der Waals surface area contributed by atoms with E-state index in [0.29, 0.717) is 11.8 Å². The van der Waals surface area contributed by atoms with Gasteiger partial charge in [-0.05, 0) is 43.4 Å². The van der Waals surface area contributed by atoms with Gasteiger partial charge < -0.3 is 10.4 Å². The van der Waals surface area contributed by atoms with E-state index in [0.717, 1.165) is 12.5 Å². The van der Waals surface area contributed by atoms with E-state index in [4.69, 9.17) is 0 Å². The molecule has 1 atom stereocenters. The van der Waals surface area contributed by atoms with Crippen molar-refractivity contribution in [2.24, 2.45) is 5.92 Å². The highest BCUT2D eigenvalue weighted by molar-refractivity contribution is 5.25. The van der Waals surface area contributed by atoms with Crippen LogP contribution in [-0.4, -0.2) is 11.1 Å². The van der Waals surface area contributed by atoms with Gasteiger partial charge in [0.15, 0.2) is 0 Å². The van der Waals surface area contributed by atoms with Gasteiger partial charge in [-0.25, -0.2) is 0 Å². The van der Waals surface area contributed by atoms with Gasteiger partial charge in [0.2, 0.25) is 0 Å². The van der Waals surface area contributed by atoms with Crippen LogP contribution in [0.4, 0.5) is 0 Å². The lowest BCUT2D eigenvalue weighted by Crippen LogP contribution is -2.34. The molecule has 0 aromatic heterocycles. The topological polar surface area (TPSA) is 32.3 Å². The van der Waals surface area contributed by atoms with Crippen LogP contribution in [0, 0.1) is 5.92 Å². The van der Waals surface area contributed by atoms with Crippen molar-refractivity contribution < 1.29 is 5.11 Å². The van der Waals surface area contributed by atoms with Crippen molar-refractivity contribution in [3.8, 4) is 5.75 Å². The Morgan fingerprint density at radius 2 is 1.82 bits per heavy atom. The molecule has 0 unspecified atom stereocenters. The summed E-state index contributed by atoms with van der Waals surface area (Å²) in [6.07, 6.45) is 6.97. The van der Waals surface area contributed by atoms with Gasteiger partial charge in [0, 0.05) is 12.6 Å². The molecule has 0 saturated heterocycles. The second-order valence-corrected chi connectivity index (χ2v) is 5.23. The molecule has 1 fully saturated rings. The van der Waals surface area contributed by atoms with Crippen molar-refractivity contribution in [2.75, 3.05) is 0 Å². The smallest absolute Gasteiger partial charge is 0.115 e. The minimum absolute atomic E-state index is 0.342. The third kappa shape index (κ3) is 3.74. The van der Waals surface area contributed by atoms with Crippen LogP contribution in [0.1, 0.15) is 44.6 Å². The molecule has 17 heavy (non-hydrogen) atoms. The summed E-state index contributed by atoms with van der Waals surface area (Å²) in [4.78, 5) is 0. The maximum absolute atomic E-state index is 9.22. The second kappa shape index (κ2) is 6.06. The molecule has 1 aromatic carbocycles. The van der Waals surface area contributed by atoms with Crippen molar-refractivity contribution >= 4 is 0 Å². The van der Waals surface area contributed by atoms with Gasteiger partial charge in [-0.15, -0.1) is 0 Å². The van der Waals surface area contributed by atoms with Crippen LogP contribution < -0.4 is 5.32 Å². The molecule has 0 aliphatic heterocycles. The second-order valence-electron chi connectivity index (χ2n) is 5.23. The number of aromatic hydroxyl groups is 1. The summed E-state index contributed by atoms with van der Waals surface area (Å²) < 4.78 is 0. The van der Waals surface area contributed by atoms with Gasteiger partial charge in [0.05, 0.1) is 0 Å². The number of phenols is 1. The maximum atomic E-state index is 9.22. The Bertz CT molecular complexity index is 327. The van der Waals surface area contributed by atoms with Crippen molar-refractivity contribution in [2.45, 2.75) is 51.6 Å². The fourth-order valence-corrected chi connectivity index (χ4v) is 2.69. The zero-order valence-corrected chi connectivity index (χ0v) is 10.7. The molecule has 2 N–H and O–H groups in total. The third-order valence-corrected chi connectivity index (χ3v) is 3.92. The highest BCUT2D eigenvalue weighted by Gasteiger charge is 2.19. The average Bonchev–Trinajstić information content (AvgIpc) is 2.39. The Balaban J connectivity index is 1.78. The lowest BCUT2D eigenvalue weighted by atomic mass is 9.84. The summed E-state index contributed by atoms with van der Waals surface area (Å²) in [5, 5.41) is 12.8. The predicted molar refractivity (Wildman–Crippen MR) is 71.0 cm³/mol. The molecule has 0 bridgehead atoms. The molecule has 1 aliphatic rings. The van der Waals surface area contributed by atoms with Gasteiger partial charge in [-0.2, -0.15) is 0 Å². The van der Waals surface area contributed by atoms with Gasteiger partial charge in [0.25, 0.3) is 0 Å². The lowest BCUT2D eigenvalue weighted by Gasteiger charge is -2.28. The molecular weight excluding hydrogens is 210 g/mol. The molecule has 0 heterocycles. The molecule has 94 valence electrons. The van der Waals surface area contributed by atoms with Crippen molar-refractivity contribution in [1.82, 2.24) is 5.32 Å². The molecule has 1 aromatic rings. The number of rotatable bonds is 4. The van der Waals surface area contributed by atoms with E-state index in [1.807, 2.05) is 12.1 Å². The summed E-state index contributed by atoms with van der Waals surface area (Å²) in [7, 11) is 0. The van der Waals surface area contributed by atoms with E-state index in [2.05, 4.69) is 12.2 Å². The lowest BCUT2D eigenvalue weighted by molar-refractivity contribution is 0.280. The van der Waals surface area contributed by atoms with E-state index < -0.39 is 0 Å². The monoisotopic (exact) mass is 233 g/mol. The maximum Gasteiger partial charge on any atom is 0.115 e. The summed E-state index contributed by atoms with van der Waals surface area (Å²) in [6.45, 7) is 3.20. The van der Waals surface area contributed by atoms with Crippen LogP contribution in [0.25, 0.3) is 0 Å². The first-order valence-electron chi connectivity index (χ1n) is 6.77. The van der Waals surface area contributed by atoms with Crippen LogP contribution in [0.15, 0.2) is 24.3 Å².